The predicted octanol–water partition coefficient (Wildman–Crippen LogP) is 2.22. The monoisotopic (exact) mass is 380 g/mol. The fraction of sp³-hybridized carbons (Fsp3) is 0.632. The molecule has 0 saturated carbocycles. The number of fused-ring (bicyclic) bond motifs is 1. The molecule has 1 aromatic rings. The largest absolute Gasteiger partial charge is 0.487 e. The van der Waals surface area contributed by atoms with Gasteiger partial charge in [0.1, 0.15) is 11.4 Å². The van der Waals surface area contributed by atoms with Gasteiger partial charge in [-0.3, -0.25) is 4.79 Å². The zero-order valence-electron chi connectivity index (χ0n) is 15.8. The number of para-hydroxylation sites is 1. The first-order chi connectivity index (χ1) is 12.3. The maximum absolute atomic E-state index is 12.3. The van der Waals surface area contributed by atoms with Crippen molar-refractivity contribution in [3.8, 4) is 5.75 Å². The highest BCUT2D eigenvalue weighted by Gasteiger charge is 2.45. The Balaban J connectivity index is 1.82. The summed E-state index contributed by atoms with van der Waals surface area (Å²) in [7, 11) is 0.387. The second kappa shape index (κ2) is 7.19. The molecule has 1 amide bonds. The molecule has 7 heteroatoms. The number of nitrogens with zero attached hydrogens (tertiary/aromatic N) is 2. The van der Waals surface area contributed by atoms with E-state index in [-0.39, 0.29) is 23.2 Å². The summed E-state index contributed by atoms with van der Waals surface area (Å²) in [5.41, 5.74) is 0.697. The lowest BCUT2D eigenvalue weighted by molar-refractivity contribution is -0.129. The van der Waals surface area contributed by atoms with Crippen molar-refractivity contribution >= 4 is 15.9 Å². The van der Waals surface area contributed by atoms with E-state index in [1.165, 1.54) is 0 Å². The van der Waals surface area contributed by atoms with E-state index in [1.54, 1.807) is 30.2 Å². The summed E-state index contributed by atoms with van der Waals surface area (Å²) < 4.78 is 32.2. The van der Waals surface area contributed by atoms with E-state index in [2.05, 4.69) is 0 Å². The molecule has 1 saturated heterocycles. The van der Waals surface area contributed by atoms with E-state index in [0.717, 1.165) is 17.7 Å². The van der Waals surface area contributed by atoms with Gasteiger partial charge >= 0.3 is 0 Å². The minimum absolute atomic E-state index is 0.101. The second-order valence-electron chi connectivity index (χ2n) is 7.52. The third kappa shape index (κ3) is 3.74. The smallest absolute Gasteiger partial charge is 0.222 e. The molecule has 2 heterocycles. The number of amides is 1. The minimum atomic E-state index is -3.16. The van der Waals surface area contributed by atoms with Crippen molar-refractivity contribution in [2.75, 3.05) is 32.9 Å². The van der Waals surface area contributed by atoms with Gasteiger partial charge < -0.3 is 9.64 Å². The lowest BCUT2D eigenvalue weighted by atomic mass is 9.76. The Kier molecular flexibility index (Phi) is 5.30. The van der Waals surface area contributed by atoms with E-state index in [0.29, 0.717) is 32.4 Å². The molecule has 3 rings (SSSR count). The van der Waals surface area contributed by atoms with Crippen LogP contribution in [0.5, 0.6) is 5.75 Å². The Bertz CT molecular complexity index is 767. The molecule has 26 heavy (non-hydrogen) atoms. The van der Waals surface area contributed by atoms with Gasteiger partial charge in [-0.05, 0) is 25.0 Å². The summed E-state index contributed by atoms with van der Waals surface area (Å²) in [6.07, 6.45) is 2.52. The maximum atomic E-state index is 12.3. The molecule has 0 bridgehead atoms. The molecule has 1 spiro atoms. The number of piperidine rings is 1. The molecule has 6 nitrogen and oxygen atoms in total. The van der Waals surface area contributed by atoms with Crippen LogP contribution in [0.25, 0.3) is 0 Å². The van der Waals surface area contributed by atoms with E-state index in [9.17, 15) is 13.2 Å². The Morgan fingerprint density at radius 1 is 1.27 bits per heavy atom. The van der Waals surface area contributed by atoms with Crippen LogP contribution < -0.4 is 4.74 Å². The van der Waals surface area contributed by atoms with Crippen LogP contribution in [-0.2, 0) is 14.8 Å². The van der Waals surface area contributed by atoms with Crippen LogP contribution >= 0.6 is 0 Å². The van der Waals surface area contributed by atoms with Gasteiger partial charge in [-0.2, -0.15) is 0 Å². The van der Waals surface area contributed by atoms with Gasteiger partial charge in [0.05, 0.1) is 5.75 Å². The third-order valence-corrected chi connectivity index (χ3v) is 7.50. The Morgan fingerprint density at radius 3 is 2.54 bits per heavy atom. The molecule has 0 unspecified atom stereocenters. The van der Waals surface area contributed by atoms with Gasteiger partial charge in [0.15, 0.2) is 0 Å². The minimum Gasteiger partial charge on any atom is -0.487 e. The van der Waals surface area contributed by atoms with Gasteiger partial charge in [0.25, 0.3) is 0 Å². The van der Waals surface area contributed by atoms with E-state index in [4.69, 9.17) is 4.74 Å². The molecule has 0 N–H and O–H groups in total. The average molecular weight is 381 g/mol. The summed E-state index contributed by atoms with van der Waals surface area (Å²) in [6.45, 7) is 2.63. The van der Waals surface area contributed by atoms with Crippen LogP contribution in [0.4, 0.5) is 0 Å². The molecule has 0 aromatic heterocycles. The van der Waals surface area contributed by atoms with Gasteiger partial charge in [0, 0.05) is 52.4 Å². The van der Waals surface area contributed by atoms with Gasteiger partial charge in [0.2, 0.25) is 15.9 Å². The lowest BCUT2D eigenvalue weighted by Gasteiger charge is -2.46. The van der Waals surface area contributed by atoms with Crippen LogP contribution in [0, 0.1) is 0 Å². The highest BCUT2D eigenvalue weighted by molar-refractivity contribution is 7.89. The molecule has 144 valence electrons. The van der Waals surface area contributed by atoms with Crippen LogP contribution in [0.2, 0.25) is 0 Å². The first kappa shape index (κ1) is 19.2. The van der Waals surface area contributed by atoms with Gasteiger partial charge in [-0.25, -0.2) is 12.7 Å². The van der Waals surface area contributed by atoms with Crippen molar-refractivity contribution in [1.82, 2.24) is 9.21 Å². The maximum Gasteiger partial charge on any atom is 0.222 e. The Labute approximate surface area is 156 Å². The molecule has 2 aliphatic rings. The topological polar surface area (TPSA) is 66.9 Å². The summed E-state index contributed by atoms with van der Waals surface area (Å²) in [5.74, 6) is 1.17. The highest BCUT2D eigenvalue weighted by atomic mass is 32.2. The van der Waals surface area contributed by atoms with E-state index < -0.39 is 10.0 Å². The standard InChI is InChI=1S/C19H28N2O4S/c1-4-26(23,24)21-11-9-19(10-12-21)14-15(13-18(22)20(2)3)16-7-5-6-8-17(16)25-19/h5-8,15H,4,9-14H2,1-3H3/t15-/m0/s1. The first-order valence-electron chi connectivity index (χ1n) is 9.22. The Morgan fingerprint density at radius 2 is 1.92 bits per heavy atom. The number of rotatable bonds is 4. The van der Waals surface area contributed by atoms with Gasteiger partial charge in [-0.15, -0.1) is 0 Å². The Hall–Kier alpha value is -1.60. The van der Waals surface area contributed by atoms with E-state index in [1.807, 2.05) is 24.3 Å². The summed E-state index contributed by atoms with van der Waals surface area (Å²) >= 11 is 0. The molecular formula is C19H28N2O4S. The van der Waals surface area contributed by atoms with Crippen molar-refractivity contribution in [2.24, 2.45) is 0 Å². The molecule has 0 aliphatic carbocycles. The molecular weight excluding hydrogens is 352 g/mol. The average Bonchev–Trinajstić information content (AvgIpc) is 2.62. The van der Waals surface area contributed by atoms with E-state index >= 15 is 0 Å². The van der Waals surface area contributed by atoms with Crippen LogP contribution in [0.1, 0.15) is 44.1 Å². The van der Waals surface area contributed by atoms with Crippen molar-refractivity contribution in [3.63, 3.8) is 0 Å². The number of carbonyl (C=O) groups excluding carboxylic acids is 1. The molecule has 1 fully saturated rings. The fourth-order valence-electron chi connectivity index (χ4n) is 3.98. The summed E-state index contributed by atoms with van der Waals surface area (Å²) in [6, 6.07) is 7.91. The zero-order chi connectivity index (χ0) is 18.9. The highest BCUT2D eigenvalue weighted by Crippen LogP contribution is 2.46. The van der Waals surface area contributed by atoms with Crippen LogP contribution in [0.3, 0.4) is 0 Å². The number of carbonyl (C=O) groups is 1. The first-order valence-corrected chi connectivity index (χ1v) is 10.8. The quantitative estimate of drug-likeness (QED) is 0.803. The fourth-order valence-corrected chi connectivity index (χ4v) is 5.08. The zero-order valence-corrected chi connectivity index (χ0v) is 16.6. The van der Waals surface area contributed by atoms with Gasteiger partial charge in [-0.1, -0.05) is 18.2 Å². The van der Waals surface area contributed by atoms with Crippen molar-refractivity contribution in [1.29, 1.82) is 0 Å². The molecule has 2 aliphatic heterocycles. The number of hydrogen-bond donors (Lipinski definition) is 0. The summed E-state index contributed by atoms with van der Waals surface area (Å²) in [5, 5.41) is 0. The number of benzene rings is 1. The number of sulfonamides is 1. The van der Waals surface area contributed by atoms with Crippen molar-refractivity contribution < 1.29 is 17.9 Å². The van der Waals surface area contributed by atoms with Crippen LogP contribution in [-0.4, -0.2) is 62.1 Å². The molecule has 1 atom stereocenters. The molecule has 1 aromatic carbocycles. The molecule has 0 radical (unpaired) electrons. The number of hydrogen-bond acceptors (Lipinski definition) is 4. The SMILES string of the molecule is CCS(=O)(=O)N1CCC2(CC1)C[C@H](CC(=O)N(C)C)c1ccccc1O2. The normalized spacial score (nSPS) is 22.5. The van der Waals surface area contributed by atoms with Crippen molar-refractivity contribution in [3.05, 3.63) is 29.8 Å². The lowest BCUT2D eigenvalue weighted by Crippen LogP contribution is -2.52. The van der Waals surface area contributed by atoms with Crippen LogP contribution in [0.15, 0.2) is 24.3 Å². The summed E-state index contributed by atoms with van der Waals surface area (Å²) in [4.78, 5) is 13.9. The predicted molar refractivity (Wildman–Crippen MR) is 101 cm³/mol. The third-order valence-electron chi connectivity index (χ3n) is 5.62. The van der Waals surface area contributed by atoms with Crippen molar-refractivity contribution in [2.45, 2.75) is 44.1 Å². The number of ether oxygens (including phenoxy) is 1. The second-order valence-corrected chi connectivity index (χ2v) is 9.77.